The van der Waals surface area contributed by atoms with Crippen molar-refractivity contribution in [3.63, 3.8) is 0 Å². The Hall–Kier alpha value is -1.97. The Morgan fingerprint density at radius 1 is 1.35 bits per heavy atom. The number of aromatic amines is 1. The Balaban J connectivity index is 2.19. The molecule has 0 amide bonds. The van der Waals surface area contributed by atoms with E-state index in [1.807, 2.05) is 0 Å². The van der Waals surface area contributed by atoms with Crippen LogP contribution in [0.15, 0.2) is 17.1 Å². The number of Topliss-reactive ketones (excluding diaryl/α,β-unsaturated/α-hetero) is 1. The average Bonchev–Trinajstić information content (AvgIpc) is 2.65. The summed E-state index contributed by atoms with van der Waals surface area (Å²) in [5.74, 6) is -0.476. The molecule has 0 unspecified atom stereocenters. The molecule has 1 aliphatic carbocycles. The molecule has 1 aromatic heterocycles. The third-order valence-corrected chi connectivity index (χ3v) is 4.50. The maximum absolute atomic E-state index is 13.7. The molecule has 102 valence electrons. The summed E-state index contributed by atoms with van der Waals surface area (Å²) in [7, 11) is 0. The topological polar surface area (TPSA) is 45.2 Å². The monoisotopic (exact) mass is 270 g/mol. The molecule has 1 N–H and O–H groups in total. The zero-order valence-corrected chi connectivity index (χ0v) is 11.5. The second-order valence-corrected chi connectivity index (χ2v) is 6.33. The number of H-pyrrole nitrogens is 1. The standard InChI is InChI=1S/C16H15FN2O/c1-16(2)4-3-10-14-13-9(12(20)7-18-15(14)16)5-8(17)6-11(13)19-10/h5-6,19H,3-4,7H2,1-2H3. The molecule has 0 atom stereocenters. The van der Waals surface area contributed by atoms with Crippen LogP contribution in [0.4, 0.5) is 4.39 Å². The van der Waals surface area contributed by atoms with Gasteiger partial charge in [0.05, 0.1) is 5.71 Å². The van der Waals surface area contributed by atoms with Crippen molar-refractivity contribution in [3.8, 4) is 0 Å². The highest BCUT2D eigenvalue weighted by Crippen LogP contribution is 2.41. The highest BCUT2D eigenvalue weighted by Gasteiger charge is 2.37. The number of hydrogen-bond donors (Lipinski definition) is 1. The Bertz CT molecular complexity index is 798. The lowest BCUT2D eigenvalue weighted by Gasteiger charge is -2.31. The molecule has 4 rings (SSSR count). The van der Waals surface area contributed by atoms with E-state index >= 15 is 0 Å². The Labute approximate surface area is 115 Å². The van der Waals surface area contributed by atoms with Gasteiger partial charge in [-0.1, -0.05) is 13.8 Å². The first-order valence-corrected chi connectivity index (χ1v) is 6.90. The molecule has 0 saturated carbocycles. The molecular weight excluding hydrogens is 255 g/mol. The van der Waals surface area contributed by atoms with Gasteiger partial charge in [-0.3, -0.25) is 9.79 Å². The van der Waals surface area contributed by atoms with Crippen LogP contribution in [0, 0.1) is 11.2 Å². The van der Waals surface area contributed by atoms with Gasteiger partial charge < -0.3 is 4.98 Å². The number of carbonyl (C=O) groups is 1. The molecule has 20 heavy (non-hydrogen) atoms. The molecule has 4 heteroatoms. The van der Waals surface area contributed by atoms with Gasteiger partial charge >= 0.3 is 0 Å². The molecular formula is C16H15FN2O. The van der Waals surface area contributed by atoms with Crippen molar-refractivity contribution < 1.29 is 9.18 Å². The van der Waals surface area contributed by atoms with Gasteiger partial charge in [-0.15, -0.1) is 0 Å². The molecule has 1 aromatic carbocycles. The lowest BCUT2D eigenvalue weighted by atomic mass is 9.74. The van der Waals surface area contributed by atoms with Crippen LogP contribution in [-0.4, -0.2) is 23.0 Å². The predicted octanol–water partition coefficient (Wildman–Crippen LogP) is 3.26. The fourth-order valence-corrected chi connectivity index (χ4v) is 3.44. The van der Waals surface area contributed by atoms with E-state index < -0.39 is 0 Å². The fourth-order valence-electron chi connectivity index (χ4n) is 3.44. The van der Waals surface area contributed by atoms with E-state index in [2.05, 4.69) is 23.8 Å². The average molecular weight is 270 g/mol. The first-order chi connectivity index (χ1) is 9.47. The second kappa shape index (κ2) is 3.57. The van der Waals surface area contributed by atoms with E-state index in [0.717, 1.165) is 35.2 Å². The summed E-state index contributed by atoms with van der Waals surface area (Å²) in [4.78, 5) is 20.1. The summed E-state index contributed by atoms with van der Waals surface area (Å²) in [6, 6.07) is 2.82. The van der Waals surface area contributed by atoms with Crippen molar-refractivity contribution in [1.82, 2.24) is 4.98 Å². The number of ketones is 1. The minimum absolute atomic E-state index is 0.0433. The van der Waals surface area contributed by atoms with E-state index in [1.165, 1.54) is 12.1 Å². The van der Waals surface area contributed by atoms with Crippen LogP contribution in [0.2, 0.25) is 0 Å². The maximum atomic E-state index is 13.7. The fraction of sp³-hybridized carbons (Fsp3) is 0.375. The second-order valence-electron chi connectivity index (χ2n) is 6.33. The van der Waals surface area contributed by atoms with Crippen LogP contribution in [-0.2, 0) is 6.42 Å². The number of aliphatic imine (C=N–C) groups is 1. The minimum atomic E-state index is -0.373. The van der Waals surface area contributed by atoms with E-state index in [0.29, 0.717) is 11.1 Å². The van der Waals surface area contributed by atoms with Crippen LogP contribution in [0.1, 0.15) is 41.9 Å². The third-order valence-electron chi connectivity index (χ3n) is 4.50. The predicted molar refractivity (Wildman–Crippen MR) is 76.1 cm³/mol. The number of carbonyl (C=O) groups excluding carboxylic acids is 1. The molecule has 3 nitrogen and oxygen atoms in total. The van der Waals surface area contributed by atoms with Crippen molar-refractivity contribution in [3.05, 3.63) is 34.8 Å². The molecule has 0 spiro atoms. The highest BCUT2D eigenvalue weighted by atomic mass is 19.1. The lowest BCUT2D eigenvalue weighted by molar-refractivity contribution is 0.100. The lowest BCUT2D eigenvalue weighted by Crippen LogP contribution is -2.31. The summed E-state index contributed by atoms with van der Waals surface area (Å²) in [5, 5.41) is 0.857. The number of hydrogen-bond acceptors (Lipinski definition) is 2. The van der Waals surface area contributed by atoms with Crippen LogP contribution < -0.4 is 0 Å². The van der Waals surface area contributed by atoms with Gasteiger partial charge in [-0.05, 0) is 25.0 Å². The van der Waals surface area contributed by atoms with E-state index in [9.17, 15) is 9.18 Å². The zero-order chi connectivity index (χ0) is 14.1. The van der Waals surface area contributed by atoms with Gasteiger partial charge in [0.15, 0.2) is 5.78 Å². The van der Waals surface area contributed by atoms with Gasteiger partial charge in [-0.25, -0.2) is 4.39 Å². The minimum Gasteiger partial charge on any atom is -0.358 e. The molecule has 0 bridgehead atoms. The Morgan fingerprint density at radius 3 is 2.95 bits per heavy atom. The number of benzene rings is 1. The van der Waals surface area contributed by atoms with Crippen molar-refractivity contribution in [1.29, 1.82) is 0 Å². The first kappa shape index (κ1) is 11.8. The number of aromatic nitrogens is 1. The molecule has 0 radical (unpaired) electrons. The summed E-state index contributed by atoms with van der Waals surface area (Å²) in [6.07, 6.45) is 1.89. The molecule has 0 fully saturated rings. The van der Waals surface area contributed by atoms with Gasteiger partial charge in [-0.2, -0.15) is 0 Å². The van der Waals surface area contributed by atoms with Crippen molar-refractivity contribution >= 4 is 22.4 Å². The molecule has 0 saturated heterocycles. The third kappa shape index (κ3) is 1.39. The van der Waals surface area contributed by atoms with Gasteiger partial charge in [0.2, 0.25) is 0 Å². The smallest absolute Gasteiger partial charge is 0.185 e. The molecule has 2 aromatic rings. The molecule has 2 heterocycles. The number of aryl methyl sites for hydroxylation is 1. The summed E-state index contributed by atoms with van der Waals surface area (Å²) in [6.45, 7) is 4.44. The number of nitrogens with zero attached hydrogens (tertiary/aromatic N) is 1. The summed E-state index contributed by atoms with van der Waals surface area (Å²) < 4.78 is 13.7. The first-order valence-electron chi connectivity index (χ1n) is 6.90. The van der Waals surface area contributed by atoms with E-state index in [1.54, 1.807) is 0 Å². The zero-order valence-electron chi connectivity index (χ0n) is 11.5. The summed E-state index contributed by atoms with van der Waals surface area (Å²) >= 11 is 0. The quantitative estimate of drug-likeness (QED) is 0.784. The van der Waals surface area contributed by atoms with E-state index in [-0.39, 0.29) is 23.6 Å². The number of nitrogens with one attached hydrogen (secondary N) is 1. The largest absolute Gasteiger partial charge is 0.358 e. The Kier molecular flexibility index (Phi) is 2.11. The SMILES string of the molecule is CC1(C)CCc2[nH]c3cc(F)cc4c3c2C1=NCC4=O. The molecule has 1 aliphatic heterocycles. The van der Waals surface area contributed by atoms with Crippen LogP contribution in [0.5, 0.6) is 0 Å². The number of halogens is 1. The normalized spacial score (nSPS) is 19.9. The summed E-state index contributed by atoms with van der Waals surface area (Å²) in [5.41, 5.74) is 4.25. The van der Waals surface area contributed by atoms with Crippen LogP contribution in [0.3, 0.4) is 0 Å². The number of rotatable bonds is 0. The van der Waals surface area contributed by atoms with Gasteiger partial charge in [0, 0.05) is 33.1 Å². The highest BCUT2D eigenvalue weighted by molar-refractivity contribution is 6.23. The van der Waals surface area contributed by atoms with Crippen molar-refractivity contribution in [2.24, 2.45) is 10.4 Å². The van der Waals surface area contributed by atoms with Crippen molar-refractivity contribution in [2.75, 3.05) is 6.54 Å². The van der Waals surface area contributed by atoms with Gasteiger partial charge in [0.25, 0.3) is 0 Å². The Morgan fingerprint density at radius 2 is 2.15 bits per heavy atom. The maximum Gasteiger partial charge on any atom is 0.185 e. The van der Waals surface area contributed by atoms with E-state index in [4.69, 9.17) is 0 Å². The van der Waals surface area contributed by atoms with Crippen LogP contribution in [0.25, 0.3) is 10.9 Å². The van der Waals surface area contributed by atoms with Crippen LogP contribution >= 0.6 is 0 Å². The van der Waals surface area contributed by atoms with Gasteiger partial charge in [0.1, 0.15) is 12.4 Å². The van der Waals surface area contributed by atoms with Crippen molar-refractivity contribution in [2.45, 2.75) is 26.7 Å². The molecule has 2 aliphatic rings.